The van der Waals surface area contributed by atoms with Crippen LogP contribution in [0, 0.1) is 0 Å². The largest absolute Gasteiger partial charge is 0.484 e. The molecule has 1 aromatic rings. The topological polar surface area (TPSA) is 93.7 Å². The van der Waals surface area contributed by atoms with Gasteiger partial charge in [-0.05, 0) is 37.6 Å². The molecule has 0 fully saturated rings. The Morgan fingerprint density at radius 1 is 1.25 bits per heavy atom. The van der Waals surface area contributed by atoms with Crippen molar-refractivity contribution >= 4 is 15.9 Å². The van der Waals surface area contributed by atoms with Crippen LogP contribution in [0.3, 0.4) is 0 Å². The fraction of sp³-hybridized carbons (Fsp3) is 0.562. The molecule has 0 saturated carbocycles. The molecule has 0 bridgehead atoms. The molecule has 0 aliphatic rings. The summed E-state index contributed by atoms with van der Waals surface area (Å²) in [5, 5.41) is 2.83. The van der Waals surface area contributed by atoms with Crippen LogP contribution in [-0.2, 0) is 19.6 Å². The van der Waals surface area contributed by atoms with Crippen LogP contribution < -0.4 is 14.8 Å². The molecule has 1 atom stereocenters. The number of benzene rings is 1. The average molecular weight is 358 g/mol. The van der Waals surface area contributed by atoms with Crippen LogP contribution in [0.15, 0.2) is 29.2 Å². The molecule has 1 aromatic carbocycles. The molecule has 0 aliphatic heterocycles. The standard InChI is InChI=1S/C16H26N2O5S/c1-4-5-13(2)18-16(19)12-23-14-6-8-15(9-7-14)24(20,21)17-10-11-22-3/h6-9,13,17H,4-5,10-12H2,1-3H3,(H,18,19)/t13-/m0/s1. The lowest BCUT2D eigenvalue weighted by Gasteiger charge is -2.13. The van der Waals surface area contributed by atoms with Crippen molar-refractivity contribution in [2.45, 2.75) is 37.6 Å². The maximum Gasteiger partial charge on any atom is 0.258 e. The second-order valence-corrected chi connectivity index (χ2v) is 7.17. The highest BCUT2D eigenvalue weighted by Gasteiger charge is 2.13. The second kappa shape index (κ2) is 10.3. The van der Waals surface area contributed by atoms with Crippen LogP contribution in [0.2, 0.25) is 0 Å². The fourth-order valence-electron chi connectivity index (χ4n) is 2.05. The lowest BCUT2D eigenvalue weighted by Crippen LogP contribution is -2.35. The van der Waals surface area contributed by atoms with Crippen molar-refractivity contribution in [2.75, 3.05) is 26.9 Å². The lowest BCUT2D eigenvalue weighted by molar-refractivity contribution is -0.123. The van der Waals surface area contributed by atoms with Crippen molar-refractivity contribution in [3.05, 3.63) is 24.3 Å². The number of sulfonamides is 1. The SMILES string of the molecule is CCC[C@H](C)NC(=O)COc1ccc(S(=O)(=O)NCCOC)cc1. The zero-order valence-corrected chi connectivity index (χ0v) is 15.2. The average Bonchev–Trinajstić information content (AvgIpc) is 2.53. The summed E-state index contributed by atoms with van der Waals surface area (Å²) in [6.45, 7) is 4.39. The summed E-state index contributed by atoms with van der Waals surface area (Å²) in [6.07, 6.45) is 1.91. The molecular formula is C16H26N2O5S. The van der Waals surface area contributed by atoms with Crippen molar-refractivity contribution in [3.63, 3.8) is 0 Å². The predicted octanol–water partition coefficient (Wildman–Crippen LogP) is 1.29. The Kier molecular flexibility index (Phi) is 8.73. The molecule has 7 nitrogen and oxygen atoms in total. The normalized spacial score (nSPS) is 12.6. The summed E-state index contributed by atoms with van der Waals surface area (Å²) in [5.41, 5.74) is 0. The summed E-state index contributed by atoms with van der Waals surface area (Å²) in [6, 6.07) is 6.02. The van der Waals surface area contributed by atoms with E-state index in [4.69, 9.17) is 9.47 Å². The zero-order valence-electron chi connectivity index (χ0n) is 14.4. The molecule has 0 unspecified atom stereocenters. The number of nitrogens with one attached hydrogen (secondary N) is 2. The molecule has 1 rings (SSSR count). The monoisotopic (exact) mass is 358 g/mol. The van der Waals surface area contributed by atoms with Gasteiger partial charge in [-0.25, -0.2) is 13.1 Å². The Hall–Kier alpha value is -1.64. The quantitative estimate of drug-likeness (QED) is 0.582. The van der Waals surface area contributed by atoms with E-state index in [0.717, 1.165) is 12.8 Å². The molecular weight excluding hydrogens is 332 g/mol. The van der Waals surface area contributed by atoms with Crippen molar-refractivity contribution in [1.82, 2.24) is 10.0 Å². The first-order chi connectivity index (χ1) is 11.4. The Balaban J connectivity index is 2.51. The Bertz CT molecular complexity index is 601. The first-order valence-electron chi connectivity index (χ1n) is 7.90. The molecule has 136 valence electrons. The summed E-state index contributed by atoms with van der Waals surface area (Å²) < 4.78 is 36.6. The van der Waals surface area contributed by atoms with Crippen molar-refractivity contribution in [2.24, 2.45) is 0 Å². The highest BCUT2D eigenvalue weighted by Crippen LogP contribution is 2.15. The molecule has 2 N–H and O–H groups in total. The van der Waals surface area contributed by atoms with Crippen molar-refractivity contribution in [3.8, 4) is 5.75 Å². The van der Waals surface area contributed by atoms with Crippen LogP contribution in [0.4, 0.5) is 0 Å². The molecule has 8 heteroatoms. The highest BCUT2D eigenvalue weighted by molar-refractivity contribution is 7.89. The van der Waals surface area contributed by atoms with Gasteiger partial charge in [0.2, 0.25) is 10.0 Å². The van der Waals surface area contributed by atoms with E-state index in [-0.39, 0.29) is 30.0 Å². The van der Waals surface area contributed by atoms with E-state index in [1.54, 1.807) is 0 Å². The molecule has 24 heavy (non-hydrogen) atoms. The summed E-state index contributed by atoms with van der Waals surface area (Å²) in [7, 11) is -2.07. The first kappa shape index (κ1) is 20.4. The third-order valence-corrected chi connectivity index (χ3v) is 4.71. The molecule has 1 amide bonds. The summed E-state index contributed by atoms with van der Waals surface area (Å²) in [5.74, 6) is 0.234. The van der Waals surface area contributed by atoms with Gasteiger partial charge >= 0.3 is 0 Å². The van der Waals surface area contributed by atoms with Crippen LogP contribution in [0.25, 0.3) is 0 Å². The van der Waals surface area contributed by atoms with Crippen molar-refractivity contribution < 1.29 is 22.7 Å². The molecule has 0 aliphatic carbocycles. The van der Waals surface area contributed by atoms with E-state index in [1.165, 1.54) is 31.4 Å². The molecule has 0 heterocycles. The minimum Gasteiger partial charge on any atom is -0.484 e. The maximum absolute atomic E-state index is 12.0. The van der Waals surface area contributed by atoms with Gasteiger partial charge in [-0.1, -0.05) is 13.3 Å². The van der Waals surface area contributed by atoms with Gasteiger partial charge in [0.05, 0.1) is 11.5 Å². The number of amides is 1. The van der Waals surface area contributed by atoms with E-state index < -0.39 is 10.0 Å². The molecule has 0 saturated heterocycles. The van der Waals surface area contributed by atoms with Crippen molar-refractivity contribution in [1.29, 1.82) is 0 Å². The third-order valence-electron chi connectivity index (χ3n) is 3.23. The van der Waals surface area contributed by atoms with Gasteiger partial charge < -0.3 is 14.8 Å². The van der Waals surface area contributed by atoms with Gasteiger partial charge in [-0.2, -0.15) is 0 Å². The van der Waals surface area contributed by atoms with Gasteiger partial charge in [0.15, 0.2) is 6.61 Å². The minimum absolute atomic E-state index is 0.105. The van der Waals surface area contributed by atoms with Gasteiger partial charge in [0.25, 0.3) is 5.91 Å². The number of methoxy groups -OCH3 is 1. The van der Waals surface area contributed by atoms with Crippen LogP contribution in [-0.4, -0.2) is 47.2 Å². The predicted molar refractivity (Wildman–Crippen MR) is 91.5 cm³/mol. The Labute approximate surface area is 143 Å². The number of hydrogen-bond acceptors (Lipinski definition) is 5. The van der Waals surface area contributed by atoms with E-state index in [1.807, 2.05) is 6.92 Å². The van der Waals surface area contributed by atoms with E-state index in [9.17, 15) is 13.2 Å². The summed E-state index contributed by atoms with van der Waals surface area (Å²) >= 11 is 0. The fourth-order valence-corrected chi connectivity index (χ4v) is 3.06. The highest BCUT2D eigenvalue weighted by atomic mass is 32.2. The van der Waals surface area contributed by atoms with E-state index in [2.05, 4.69) is 17.0 Å². The molecule has 0 aromatic heterocycles. The Morgan fingerprint density at radius 3 is 2.50 bits per heavy atom. The van der Waals surface area contributed by atoms with E-state index >= 15 is 0 Å². The Morgan fingerprint density at radius 2 is 1.92 bits per heavy atom. The van der Waals surface area contributed by atoms with Gasteiger partial charge in [0, 0.05) is 19.7 Å². The first-order valence-corrected chi connectivity index (χ1v) is 9.38. The maximum atomic E-state index is 12.0. The van der Waals surface area contributed by atoms with Crippen LogP contribution >= 0.6 is 0 Å². The smallest absolute Gasteiger partial charge is 0.258 e. The summed E-state index contributed by atoms with van der Waals surface area (Å²) in [4.78, 5) is 11.9. The number of carbonyl (C=O) groups excluding carboxylic acids is 1. The minimum atomic E-state index is -3.57. The lowest BCUT2D eigenvalue weighted by atomic mass is 10.2. The molecule has 0 spiro atoms. The van der Waals surface area contributed by atoms with Crippen LogP contribution in [0.1, 0.15) is 26.7 Å². The van der Waals surface area contributed by atoms with Gasteiger partial charge in [-0.3, -0.25) is 4.79 Å². The molecule has 0 radical (unpaired) electrons. The van der Waals surface area contributed by atoms with Gasteiger partial charge in [0.1, 0.15) is 5.75 Å². The zero-order chi connectivity index (χ0) is 18.0. The number of ether oxygens (including phenoxy) is 2. The number of hydrogen-bond donors (Lipinski definition) is 2. The number of carbonyl (C=O) groups is 1. The van der Waals surface area contributed by atoms with Crippen LogP contribution in [0.5, 0.6) is 5.75 Å². The number of rotatable bonds is 11. The second-order valence-electron chi connectivity index (χ2n) is 5.41. The van der Waals surface area contributed by atoms with E-state index in [0.29, 0.717) is 12.4 Å². The third kappa shape index (κ3) is 7.29. The van der Waals surface area contributed by atoms with Gasteiger partial charge in [-0.15, -0.1) is 0 Å².